The van der Waals surface area contributed by atoms with Gasteiger partial charge in [0.1, 0.15) is 11.3 Å². The van der Waals surface area contributed by atoms with Crippen LogP contribution in [0, 0.1) is 7.14 Å². The molecule has 0 atom stereocenters. The molecule has 1 fully saturated rings. The first kappa shape index (κ1) is 15.3. The molecular formula is C14H16I2O3. The number of hydrogen-bond acceptors (Lipinski definition) is 2. The van der Waals surface area contributed by atoms with Crippen molar-refractivity contribution in [2.24, 2.45) is 0 Å². The zero-order chi connectivity index (χ0) is 14.2. The molecule has 0 heterocycles. The SMILES string of the molecule is CCC1(c2c(I)cc(C(=O)O)c(O)c2I)CCCC1. The summed E-state index contributed by atoms with van der Waals surface area (Å²) in [4.78, 5) is 11.1. The lowest BCUT2D eigenvalue weighted by atomic mass is 9.76. The van der Waals surface area contributed by atoms with Crippen molar-refractivity contribution < 1.29 is 15.0 Å². The average molecular weight is 486 g/mol. The standard InChI is InChI=1S/C14H16I2O3/c1-2-14(5-3-4-6-14)10-9(15)7-8(13(18)19)12(17)11(10)16/h7,17H,2-6H2,1H3,(H,18,19). The third-order valence-corrected chi connectivity index (χ3v) is 6.09. The highest BCUT2D eigenvalue weighted by atomic mass is 127. The third-order valence-electron chi connectivity index (χ3n) is 4.19. The summed E-state index contributed by atoms with van der Waals surface area (Å²) in [5.74, 6) is -1.15. The normalized spacial score (nSPS) is 17.6. The number of carboxylic acid groups (broad SMARTS) is 1. The highest BCUT2D eigenvalue weighted by Gasteiger charge is 2.38. The monoisotopic (exact) mass is 486 g/mol. The van der Waals surface area contributed by atoms with Crippen molar-refractivity contribution in [3.05, 3.63) is 24.3 Å². The second-order valence-corrected chi connectivity index (χ2v) is 7.33. The van der Waals surface area contributed by atoms with Gasteiger partial charge in [-0.2, -0.15) is 0 Å². The number of rotatable bonds is 3. The maximum absolute atomic E-state index is 11.1. The topological polar surface area (TPSA) is 57.5 Å². The van der Waals surface area contributed by atoms with E-state index in [4.69, 9.17) is 5.11 Å². The van der Waals surface area contributed by atoms with Crippen LogP contribution in [0.4, 0.5) is 0 Å². The summed E-state index contributed by atoms with van der Waals surface area (Å²) in [6.07, 6.45) is 5.70. The number of halogens is 2. The first-order valence-electron chi connectivity index (χ1n) is 6.37. The molecule has 0 aromatic heterocycles. The fourth-order valence-electron chi connectivity index (χ4n) is 3.09. The Bertz CT molecular complexity index is 520. The molecule has 2 rings (SSSR count). The zero-order valence-corrected chi connectivity index (χ0v) is 15.0. The quantitative estimate of drug-likeness (QED) is 0.619. The van der Waals surface area contributed by atoms with Crippen LogP contribution >= 0.6 is 45.2 Å². The van der Waals surface area contributed by atoms with Crippen LogP contribution < -0.4 is 0 Å². The van der Waals surface area contributed by atoms with Crippen LogP contribution in [0.5, 0.6) is 5.75 Å². The molecule has 104 valence electrons. The first-order chi connectivity index (χ1) is 8.93. The molecule has 0 bridgehead atoms. The van der Waals surface area contributed by atoms with E-state index in [9.17, 15) is 9.90 Å². The maximum atomic E-state index is 11.1. The van der Waals surface area contributed by atoms with E-state index >= 15 is 0 Å². The van der Waals surface area contributed by atoms with Crippen LogP contribution in [-0.2, 0) is 5.41 Å². The highest BCUT2D eigenvalue weighted by Crippen LogP contribution is 2.49. The molecule has 3 nitrogen and oxygen atoms in total. The van der Waals surface area contributed by atoms with Gasteiger partial charge in [0.25, 0.3) is 0 Å². The highest BCUT2D eigenvalue weighted by molar-refractivity contribution is 14.1. The Labute approximate surface area is 140 Å². The van der Waals surface area contributed by atoms with E-state index in [1.54, 1.807) is 6.07 Å². The van der Waals surface area contributed by atoms with E-state index in [0.717, 1.165) is 28.4 Å². The minimum Gasteiger partial charge on any atom is -0.506 e. The third kappa shape index (κ3) is 2.59. The molecule has 0 unspecified atom stereocenters. The summed E-state index contributed by atoms with van der Waals surface area (Å²) in [5.41, 5.74) is 1.26. The lowest BCUT2D eigenvalue weighted by Gasteiger charge is -2.31. The van der Waals surface area contributed by atoms with E-state index in [0.29, 0.717) is 3.57 Å². The Morgan fingerprint density at radius 1 is 1.37 bits per heavy atom. The van der Waals surface area contributed by atoms with Crippen molar-refractivity contribution in [1.29, 1.82) is 0 Å². The Balaban J connectivity index is 2.65. The van der Waals surface area contributed by atoms with Crippen LogP contribution in [0.1, 0.15) is 54.9 Å². The number of aromatic carboxylic acids is 1. The van der Waals surface area contributed by atoms with Crippen LogP contribution in [0.25, 0.3) is 0 Å². The summed E-state index contributed by atoms with van der Waals surface area (Å²) in [5, 5.41) is 19.3. The van der Waals surface area contributed by atoms with Crippen molar-refractivity contribution in [1.82, 2.24) is 0 Å². The molecule has 0 amide bonds. The molecule has 1 aromatic carbocycles. The molecule has 19 heavy (non-hydrogen) atoms. The summed E-state index contributed by atoms with van der Waals surface area (Å²) in [6.45, 7) is 2.18. The lowest BCUT2D eigenvalue weighted by molar-refractivity contribution is 0.0693. The predicted molar refractivity (Wildman–Crippen MR) is 90.9 cm³/mol. The molecule has 2 N–H and O–H groups in total. The van der Waals surface area contributed by atoms with Crippen LogP contribution in [0.15, 0.2) is 6.07 Å². The van der Waals surface area contributed by atoms with E-state index in [1.165, 1.54) is 12.8 Å². The minimum atomic E-state index is -1.07. The van der Waals surface area contributed by atoms with Gasteiger partial charge in [-0.25, -0.2) is 4.79 Å². The number of phenols is 1. The maximum Gasteiger partial charge on any atom is 0.339 e. The van der Waals surface area contributed by atoms with E-state index in [1.807, 2.05) is 0 Å². The van der Waals surface area contributed by atoms with E-state index in [-0.39, 0.29) is 16.7 Å². The fraction of sp³-hybridized carbons (Fsp3) is 0.500. The number of aromatic hydroxyl groups is 1. The van der Waals surface area contributed by atoms with Gasteiger partial charge in [0, 0.05) is 3.57 Å². The molecule has 1 saturated carbocycles. The predicted octanol–water partition coefficient (Wildman–Crippen LogP) is 4.52. The van der Waals surface area contributed by atoms with Gasteiger partial charge in [0.2, 0.25) is 0 Å². The van der Waals surface area contributed by atoms with Gasteiger partial charge in [0.05, 0.1) is 3.57 Å². The smallest absolute Gasteiger partial charge is 0.339 e. The minimum absolute atomic E-state index is 0.00167. The van der Waals surface area contributed by atoms with Crippen molar-refractivity contribution in [3.8, 4) is 5.75 Å². The largest absolute Gasteiger partial charge is 0.506 e. The van der Waals surface area contributed by atoms with Gasteiger partial charge >= 0.3 is 5.97 Å². The average Bonchev–Trinajstić information content (AvgIpc) is 2.83. The number of benzene rings is 1. The van der Waals surface area contributed by atoms with Crippen LogP contribution in [0.3, 0.4) is 0 Å². The summed E-state index contributed by atoms with van der Waals surface area (Å²) >= 11 is 4.30. The molecule has 0 radical (unpaired) electrons. The zero-order valence-electron chi connectivity index (χ0n) is 10.7. The van der Waals surface area contributed by atoms with Crippen LogP contribution in [0.2, 0.25) is 0 Å². The molecule has 0 saturated heterocycles. The van der Waals surface area contributed by atoms with Gasteiger partial charge in [-0.05, 0) is 81.5 Å². The van der Waals surface area contributed by atoms with Crippen molar-refractivity contribution >= 4 is 51.2 Å². The second-order valence-electron chi connectivity index (χ2n) is 5.09. The van der Waals surface area contributed by atoms with Gasteiger partial charge in [-0.1, -0.05) is 19.8 Å². The van der Waals surface area contributed by atoms with E-state index in [2.05, 4.69) is 52.1 Å². The fourth-order valence-corrected chi connectivity index (χ4v) is 5.91. The number of carbonyl (C=O) groups is 1. The molecule has 1 aliphatic carbocycles. The molecule has 0 spiro atoms. The number of hydrogen-bond donors (Lipinski definition) is 2. The van der Waals surface area contributed by atoms with Crippen molar-refractivity contribution in [2.75, 3.05) is 0 Å². The van der Waals surface area contributed by atoms with Gasteiger partial charge in [-0.15, -0.1) is 0 Å². The van der Waals surface area contributed by atoms with Gasteiger partial charge < -0.3 is 10.2 Å². The first-order valence-corrected chi connectivity index (χ1v) is 8.53. The summed E-state index contributed by atoms with van der Waals surface area (Å²) in [7, 11) is 0. The Hall–Kier alpha value is -0.0500. The Kier molecular flexibility index (Phi) is 4.64. The second kappa shape index (κ2) is 5.75. The van der Waals surface area contributed by atoms with Crippen molar-refractivity contribution in [3.63, 3.8) is 0 Å². The van der Waals surface area contributed by atoms with Gasteiger partial charge in [-0.3, -0.25) is 0 Å². The molecule has 0 aliphatic heterocycles. The lowest BCUT2D eigenvalue weighted by Crippen LogP contribution is -2.24. The van der Waals surface area contributed by atoms with Crippen molar-refractivity contribution in [2.45, 2.75) is 44.4 Å². The number of carboxylic acids is 1. The van der Waals surface area contributed by atoms with E-state index < -0.39 is 5.97 Å². The summed E-state index contributed by atoms with van der Waals surface area (Å²) in [6, 6.07) is 1.60. The molecule has 5 heteroatoms. The molecule has 1 aliphatic rings. The summed E-state index contributed by atoms with van der Waals surface area (Å²) < 4.78 is 1.67. The Morgan fingerprint density at radius 2 is 1.95 bits per heavy atom. The molecular weight excluding hydrogens is 470 g/mol. The Morgan fingerprint density at radius 3 is 2.42 bits per heavy atom. The molecule has 1 aromatic rings. The van der Waals surface area contributed by atoms with Crippen LogP contribution in [-0.4, -0.2) is 16.2 Å². The van der Waals surface area contributed by atoms with Gasteiger partial charge in [0.15, 0.2) is 0 Å².